The van der Waals surface area contributed by atoms with Crippen LogP contribution in [0.15, 0.2) is 48.7 Å². The first kappa shape index (κ1) is 21.2. The van der Waals surface area contributed by atoms with Crippen LogP contribution in [0.3, 0.4) is 0 Å². The molecule has 1 aliphatic heterocycles. The summed E-state index contributed by atoms with van der Waals surface area (Å²) in [4.78, 5) is 14.9. The molecule has 2 aromatic carbocycles. The van der Waals surface area contributed by atoms with Gasteiger partial charge < -0.3 is 20.7 Å². The Kier molecular flexibility index (Phi) is 5.87. The van der Waals surface area contributed by atoms with Crippen molar-refractivity contribution in [2.45, 2.75) is 51.8 Å². The lowest BCUT2D eigenvalue weighted by atomic mass is 10.0. The van der Waals surface area contributed by atoms with Crippen molar-refractivity contribution < 1.29 is 9.53 Å². The average molecular weight is 422 g/mol. The first-order valence-corrected chi connectivity index (χ1v) is 10.8. The molecule has 164 valence electrons. The lowest BCUT2D eigenvalue weighted by Gasteiger charge is -2.36. The third kappa shape index (κ3) is 4.99. The first-order valence-electron chi connectivity index (χ1n) is 10.8. The standard InChI is InChI=1S/C24H31N5O2/c1-24(2,3)31-23(30)29-22-10-9-20(13-18(22)14-27-29)28(21-8-5-11-26-15-21)16-17-6-4-7-19(25)12-17/h4,6-7,9-10,12-14,21,26H,5,8,11,15-16,25H2,1-3H3. The topological polar surface area (TPSA) is 85.4 Å². The molecule has 0 bridgehead atoms. The summed E-state index contributed by atoms with van der Waals surface area (Å²) < 4.78 is 6.81. The first-order chi connectivity index (χ1) is 14.8. The number of fused-ring (bicyclic) bond motifs is 1. The molecular formula is C24H31N5O2. The number of rotatable bonds is 4. The lowest BCUT2D eigenvalue weighted by molar-refractivity contribution is 0.0522. The average Bonchev–Trinajstić information content (AvgIpc) is 3.15. The SMILES string of the molecule is CC(C)(C)OC(=O)n1ncc2cc(N(Cc3cccc(N)c3)C3CCCNC3)ccc21. The van der Waals surface area contributed by atoms with E-state index in [0.29, 0.717) is 6.04 Å². The van der Waals surface area contributed by atoms with Crippen molar-refractivity contribution in [1.29, 1.82) is 0 Å². The molecule has 7 heteroatoms. The van der Waals surface area contributed by atoms with Gasteiger partial charge in [-0.25, -0.2) is 4.79 Å². The van der Waals surface area contributed by atoms with E-state index in [2.05, 4.69) is 33.5 Å². The molecule has 0 saturated carbocycles. The van der Waals surface area contributed by atoms with E-state index >= 15 is 0 Å². The van der Waals surface area contributed by atoms with Crippen LogP contribution in [0, 0.1) is 0 Å². The Morgan fingerprint density at radius 2 is 2.13 bits per heavy atom. The zero-order chi connectivity index (χ0) is 22.0. The van der Waals surface area contributed by atoms with Crippen LogP contribution in [0.2, 0.25) is 0 Å². The molecule has 1 saturated heterocycles. The van der Waals surface area contributed by atoms with Gasteiger partial charge in [-0.3, -0.25) is 0 Å². The maximum atomic E-state index is 12.5. The van der Waals surface area contributed by atoms with Crippen molar-refractivity contribution in [2.24, 2.45) is 0 Å². The molecule has 31 heavy (non-hydrogen) atoms. The molecule has 1 unspecified atom stereocenters. The van der Waals surface area contributed by atoms with Gasteiger partial charge in [0.2, 0.25) is 0 Å². The van der Waals surface area contributed by atoms with Crippen LogP contribution in [0.5, 0.6) is 0 Å². The number of ether oxygens (including phenoxy) is 1. The molecule has 1 aliphatic rings. The molecule has 1 aromatic heterocycles. The molecule has 3 aromatic rings. The zero-order valence-electron chi connectivity index (χ0n) is 18.5. The summed E-state index contributed by atoms with van der Waals surface area (Å²) in [5.74, 6) is 0. The van der Waals surface area contributed by atoms with Crippen molar-refractivity contribution in [3.05, 3.63) is 54.2 Å². The Hall–Kier alpha value is -3.06. The van der Waals surface area contributed by atoms with Gasteiger partial charge in [0.15, 0.2) is 0 Å². The molecular weight excluding hydrogens is 390 g/mol. The van der Waals surface area contributed by atoms with Crippen molar-refractivity contribution >= 4 is 28.4 Å². The van der Waals surface area contributed by atoms with Gasteiger partial charge in [0.25, 0.3) is 0 Å². The summed E-state index contributed by atoms with van der Waals surface area (Å²) in [6, 6.07) is 14.5. The number of carbonyl (C=O) groups excluding carboxylic acids is 1. The Labute approximate surface area is 183 Å². The third-order valence-corrected chi connectivity index (χ3v) is 5.47. The van der Waals surface area contributed by atoms with Crippen LogP contribution >= 0.6 is 0 Å². The number of nitrogens with two attached hydrogens (primary N) is 1. The van der Waals surface area contributed by atoms with Crippen LogP contribution in [0.25, 0.3) is 10.9 Å². The van der Waals surface area contributed by atoms with Gasteiger partial charge in [0.1, 0.15) is 5.60 Å². The third-order valence-electron chi connectivity index (χ3n) is 5.47. The van der Waals surface area contributed by atoms with Gasteiger partial charge in [-0.15, -0.1) is 0 Å². The summed E-state index contributed by atoms with van der Waals surface area (Å²) in [5, 5.41) is 8.71. The van der Waals surface area contributed by atoms with Crippen LogP contribution in [-0.2, 0) is 11.3 Å². The number of hydrogen-bond acceptors (Lipinski definition) is 6. The highest BCUT2D eigenvalue weighted by molar-refractivity contribution is 5.89. The molecule has 0 aliphatic carbocycles. The number of aromatic nitrogens is 2. The van der Waals surface area contributed by atoms with Crippen molar-refractivity contribution in [3.63, 3.8) is 0 Å². The second-order valence-electron chi connectivity index (χ2n) is 9.15. The normalized spacial score (nSPS) is 16.9. The number of anilines is 2. The molecule has 4 rings (SSSR count). The lowest BCUT2D eigenvalue weighted by Crippen LogP contribution is -2.45. The number of benzene rings is 2. The highest BCUT2D eigenvalue weighted by atomic mass is 16.6. The molecule has 1 fully saturated rings. The fraction of sp³-hybridized carbons (Fsp3) is 0.417. The molecule has 1 atom stereocenters. The zero-order valence-corrected chi connectivity index (χ0v) is 18.5. The number of piperidine rings is 1. The number of hydrogen-bond donors (Lipinski definition) is 2. The molecule has 0 amide bonds. The minimum absolute atomic E-state index is 0.383. The van der Waals surface area contributed by atoms with Crippen LogP contribution in [-0.4, -0.2) is 40.6 Å². The predicted molar refractivity (Wildman–Crippen MR) is 124 cm³/mol. The number of nitrogens with zero attached hydrogens (tertiary/aromatic N) is 3. The minimum atomic E-state index is -0.572. The van der Waals surface area contributed by atoms with Gasteiger partial charge in [0.05, 0.1) is 11.7 Å². The number of carbonyl (C=O) groups is 1. The summed E-state index contributed by atoms with van der Waals surface area (Å²) in [6.07, 6.45) is 3.53. The fourth-order valence-corrected chi connectivity index (χ4v) is 4.07. The van der Waals surface area contributed by atoms with Crippen LogP contribution < -0.4 is 16.0 Å². The van der Waals surface area contributed by atoms with Crippen molar-refractivity contribution in [2.75, 3.05) is 23.7 Å². The second-order valence-corrected chi connectivity index (χ2v) is 9.15. The molecule has 2 heterocycles. The minimum Gasteiger partial charge on any atom is -0.442 e. The molecule has 3 N–H and O–H groups in total. The van der Waals surface area contributed by atoms with E-state index in [1.54, 1.807) is 6.20 Å². The fourth-order valence-electron chi connectivity index (χ4n) is 4.07. The molecule has 0 radical (unpaired) electrons. The Morgan fingerprint density at radius 1 is 1.29 bits per heavy atom. The van der Waals surface area contributed by atoms with Crippen molar-refractivity contribution in [1.82, 2.24) is 15.1 Å². The highest BCUT2D eigenvalue weighted by Gasteiger charge is 2.24. The van der Waals surface area contributed by atoms with Gasteiger partial charge >= 0.3 is 6.09 Å². The van der Waals surface area contributed by atoms with E-state index in [9.17, 15) is 4.79 Å². The maximum absolute atomic E-state index is 12.5. The van der Waals surface area contributed by atoms with E-state index in [-0.39, 0.29) is 0 Å². The number of nitrogens with one attached hydrogen (secondary N) is 1. The Balaban J connectivity index is 1.66. The largest absolute Gasteiger partial charge is 0.442 e. The summed E-state index contributed by atoms with van der Waals surface area (Å²) in [6.45, 7) is 8.31. The summed E-state index contributed by atoms with van der Waals surface area (Å²) >= 11 is 0. The van der Waals surface area contributed by atoms with E-state index in [1.165, 1.54) is 10.2 Å². The van der Waals surface area contributed by atoms with Crippen molar-refractivity contribution in [3.8, 4) is 0 Å². The van der Waals surface area contributed by atoms with Crippen LogP contribution in [0.1, 0.15) is 39.2 Å². The summed E-state index contributed by atoms with van der Waals surface area (Å²) in [5.41, 5.74) is 9.23. The Morgan fingerprint density at radius 3 is 2.84 bits per heavy atom. The summed E-state index contributed by atoms with van der Waals surface area (Å²) in [7, 11) is 0. The highest BCUT2D eigenvalue weighted by Crippen LogP contribution is 2.28. The van der Waals surface area contributed by atoms with Gasteiger partial charge in [-0.1, -0.05) is 12.1 Å². The molecule has 7 nitrogen and oxygen atoms in total. The van der Waals surface area contributed by atoms with E-state index in [1.807, 2.05) is 45.0 Å². The van der Waals surface area contributed by atoms with E-state index in [0.717, 1.165) is 54.8 Å². The monoisotopic (exact) mass is 421 g/mol. The number of nitrogen functional groups attached to an aromatic ring is 1. The maximum Gasteiger partial charge on any atom is 0.435 e. The predicted octanol–water partition coefficient (Wildman–Crippen LogP) is 4.16. The van der Waals surface area contributed by atoms with Gasteiger partial charge in [-0.05, 0) is 76.1 Å². The Bertz CT molecular complexity index is 1060. The quantitative estimate of drug-likeness (QED) is 0.615. The van der Waals surface area contributed by atoms with E-state index < -0.39 is 11.7 Å². The second kappa shape index (κ2) is 8.59. The van der Waals surface area contributed by atoms with Gasteiger partial charge in [0, 0.05) is 35.9 Å². The molecule has 0 spiro atoms. The van der Waals surface area contributed by atoms with E-state index in [4.69, 9.17) is 10.5 Å². The van der Waals surface area contributed by atoms with Crippen LogP contribution in [0.4, 0.5) is 16.2 Å². The smallest absolute Gasteiger partial charge is 0.435 e. The van der Waals surface area contributed by atoms with Gasteiger partial charge in [-0.2, -0.15) is 9.78 Å².